The first-order valence-electron chi connectivity index (χ1n) is 6.36. The third kappa shape index (κ3) is 4.00. The lowest BCUT2D eigenvalue weighted by Gasteiger charge is -2.18. The van der Waals surface area contributed by atoms with E-state index in [2.05, 4.69) is 34.4 Å². The zero-order valence-corrected chi connectivity index (χ0v) is 11.4. The molecule has 5 heteroatoms. The summed E-state index contributed by atoms with van der Waals surface area (Å²) >= 11 is 0. The second kappa shape index (κ2) is 7.66. The van der Waals surface area contributed by atoms with Gasteiger partial charge in [0.25, 0.3) is 5.91 Å². The molecular weight excluding hydrogens is 228 g/mol. The Hall–Kier alpha value is -1.62. The Morgan fingerprint density at radius 3 is 2.72 bits per heavy atom. The number of likely N-dealkylation sites (N-methyl/N-ethyl adjacent to an activating group) is 1. The Bertz CT molecular complexity index is 377. The molecule has 0 saturated carbocycles. The van der Waals surface area contributed by atoms with E-state index in [1.165, 1.54) is 0 Å². The molecular formula is C13H22N4O. The van der Waals surface area contributed by atoms with Crippen LogP contribution in [0.4, 0.5) is 5.82 Å². The van der Waals surface area contributed by atoms with Crippen LogP contribution in [0.15, 0.2) is 18.3 Å². The lowest BCUT2D eigenvalue weighted by molar-refractivity contribution is 0.0963. The van der Waals surface area contributed by atoms with Gasteiger partial charge in [-0.25, -0.2) is 4.98 Å². The summed E-state index contributed by atoms with van der Waals surface area (Å²) in [6.45, 7) is 8.06. The van der Waals surface area contributed by atoms with Gasteiger partial charge in [0, 0.05) is 26.3 Å². The first-order valence-corrected chi connectivity index (χ1v) is 6.36. The van der Waals surface area contributed by atoms with E-state index in [4.69, 9.17) is 0 Å². The Labute approximate surface area is 109 Å². The monoisotopic (exact) mass is 250 g/mol. The van der Waals surface area contributed by atoms with E-state index in [-0.39, 0.29) is 5.91 Å². The van der Waals surface area contributed by atoms with Crippen molar-refractivity contribution >= 4 is 11.7 Å². The summed E-state index contributed by atoms with van der Waals surface area (Å²) in [7, 11) is 1.62. The van der Waals surface area contributed by atoms with Crippen LogP contribution in [0.2, 0.25) is 0 Å². The third-order valence-electron chi connectivity index (χ3n) is 2.89. The summed E-state index contributed by atoms with van der Waals surface area (Å²) in [5, 5.41) is 5.83. The van der Waals surface area contributed by atoms with Gasteiger partial charge in [0.15, 0.2) is 0 Å². The summed E-state index contributed by atoms with van der Waals surface area (Å²) in [6.07, 6.45) is 1.69. The fraction of sp³-hybridized carbons (Fsp3) is 0.538. The zero-order valence-electron chi connectivity index (χ0n) is 11.4. The molecule has 0 aliphatic heterocycles. The van der Waals surface area contributed by atoms with Crippen LogP contribution in [-0.2, 0) is 0 Å². The maximum absolute atomic E-state index is 11.6. The average molecular weight is 250 g/mol. The van der Waals surface area contributed by atoms with Crippen LogP contribution in [0.1, 0.15) is 24.2 Å². The van der Waals surface area contributed by atoms with E-state index in [9.17, 15) is 4.79 Å². The number of amides is 1. The zero-order chi connectivity index (χ0) is 13.4. The van der Waals surface area contributed by atoms with Crippen molar-refractivity contribution in [3.63, 3.8) is 0 Å². The van der Waals surface area contributed by atoms with Crippen molar-refractivity contribution < 1.29 is 4.79 Å². The van der Waals surface area contributed by atoms with Crippen molar-refractivity contribution in [2.45, 2.75) is 13.8 Å². The number of carbonyl (C=O) groups is 1. The molecule has 1 aromatic rings. The van der Waals surface area contributed by atoms with Crippen molar-refractivity contribution in [2.24, 2.45) is 0 Å². The number of nitrogens with one attached hydrogen (secondary N) is 2. The molecule has 0 aromatic carbocycles. The molecule has 1 heterocycles. The molecule has 1 rings (SSSR count). The highest BCUT2D eigenvalue weighted by Crippen LogP contribution is 2.10. The summed E-state index contributed by atoms with van der Waals surface area (Å²) in [5.74, 6) is 0.525. The Morgan fingerprint density at radius 2 is 2.11 bits per heavy atom. The van der Waals surface area contributed by atoms with Gasteiger partial charge in [-0.15, -0.1) is 0 Å². The highest BCUT2D eigenvalue weighted by atomic mass is 16.1. The van der Waals surface area contributed by atoms with E-state index in [1.54, 1.807) is 25.4 Å². The molecule has 0 aliphatic rings. The maximum atomic E-state index is 11.6. The molecule has 1 amide bonds. The molecule has 0 radical (unpaired) electrons. The lowest BCUT2D eigenvalue weighted by Crippen LogP contribution is -2.29. The Morgan fingerprint density at radius 1 is 1.39 bits per heavy atom. The fourth-order valence-electron chi connectivity index (χ4n) is 1.74. The minimum atomic E-state index is -0.117. The average Bonchev–Trinajstić information content (AvgIpc) is 2.43. The van der Waals surface area contributed by atoms with Gasteiger partial charge in [0.1, 0.15) is 5.82 Å². The standard InChI is InChI=1S/C13H22N4O/c1-4-17(5-2)10-9-16-12-11(13(18)14-3)7-6-8-15-12/h6-8H,4-5,9-10H2,1-3H3,(H,14,18)(H,15,16). The second-order valence-corrected chi connectivity index (χ2v) is 3.93. The van der Waals surface area contributed by atoms with Crippen molar-refractivity contribution in [1.82, 2.24) is 15.2 Å². The van der Waals surface area contributed by atoms with Crippen LogP contribution in [0, 0.1) is 0 Å². The van der Waals surface area contributed by atoms with Crippen LogP contribution in [0.25, 0.3) is 0 Å². The largest absolute Gasteiger partial charge is 0.368 e. The van der Waals surface area contributed by atoms with Gasteiger partial charge in [-0.3, -0.25) is 4.79 Å². The predicted octanol–water partition coefficient (Wildman–Crippen LogP) is 1.19. The predicted molar refractivity (Wildman–Crippen MR) is 73.9 cm³/mol. The molecule has 0 saturated heterocycles. The second-order valence-electron chi connectivity index (χ2n) is 3.93. The van der Waals surface area contributed by atoms with Crippen molar-refractivity contribution in [1.29, 1.82) is 0 Å². The number of carbonyl (C=O) groups excluding carboxylic acids is 1. The van der Waals surface area contributed by atoms with Crippen molar-refractivity contribution in [3.05, 3.63) is 23.9 Å². The van der Waals surface area contributed by atoms with Crippen molar-refractivity contribution in [3.8, 4) is 0 Å². The van der Waals surface area contributed by atoms with Crippen molar-refractivity contribution in [2.75, 3.05) is 38.5 Å². The number of hydrogen-bond acceptors (Lipinski definition) is 4. The van der Waals surface area contributed by atoms with Gasteiger partial charge >= 0.3 is 0 Å². The number of rotatable bonds is 7. The fourth-order valence-corrected chi connectivity index (χ4v) is 1.74. The van der Waals surface area contributed by atoms with Gasteiger partial charge in [-0.1, -0.05) is 13.8 Å². The molecule has 1 aromatic heterocycles. The normalized spacial score (nSPS) is 10.4. The van der Waals surface area contributed by atoms with Gasteiger partial charge < -0.3 is 15.5 Å². The maximum Gasteiger partial charge on any atom is 0.254 e. The Kier molecular flexibility index (Phi) is 6.14. The van der Waals surface area contributed by atoms with E-state index < -0.39 is 0 Å². The number of pyridine rings is 1. The minimum absolute atomic E-state index is 0.117. The molecule has 100 valence electrons. The number of anilines is 1. The minimum Gasteiger partial charge on any atom is -0.368 e. The van der Waals surface area contributed by atoms with Crippen LogP contribution < -0.4 is 10.6 Å². The van der Waals surface area contributed by atoms with E-state index in [0.29, 0.717) is 11.4 Å². The highest BCUT2D eigenvalue weighted by molar-refractivity contribution is 5.98. The quantitative estimate of drug-likeness (QED) is 0.763. The van der Waals surface area contributed by atoms with Gasteiger partial charge in [0.05, 0.1) is 5.56 Å². The number of aromatic nitrogens is 1. The van der Waals surface area contributed by atoms with Gasteiger partial charge in [0.2, 0.25) is 0 Å². The lowest BCUT2D eigenvalue weighted by atomic mass is 10.2. The molecule has 0 spiro atoms. The first-order chi connectivity index (χ1) is 8.72. The molecule has 0 bridgehead atoms. The van der Waals surface area contributed by atoms with E-state index in [0.717, 1.165) is 26.2 Å². The topological polar surface area (TPSA) is 57.3 Å². The van der Waals surface area contributed by atoms with Crippen LogP contribution in [-0.4, -0.2) is 49.0 Å². The first kappa shape index (κ1) is 14.4. The van der Waals surface area contributed by atoms with Crippen LogP contribution >= 0.6 is 0 Å². The molecule has 0 fully saturated rings. The molecule has 5 nitrogen and oxygen atoms in total. The molecule has 0 unspecified atom stereocenters. The molecule has 2 N–H and O–H groups in total. The SMILES string of the molecule is CCN(CC)CCNc1ncccc1C(=O)NC. The molecule has 0 atom stereocenters. The third-order valence-corrected chi connectivity index (χ3v) is 2.89. The van der Waals surface area contributed by atoms with Gasteiger partial charge in [-0.2, -0.15) is 0 Å². The van der Waals surface area contributed by atoms with Crippen LogP contribution in [0.5, 0.6) is 0 Å². The summed E-state index contributed by atoms with van der Waals surface area (Å²) in [5.41, 5.74) is 0.583. The summed E-state index contributed by atoms with van der Waals surface area (Å²) in [4.78, 5) is 18.2. The smallest absolute Gasteiger partial charge is 0.254 e. The number of nitrogens with zero attached hydrogens (tertiary/aromatic N) is 2. The molecule has 0 aliphatic carbocycles. The van der Waals surface area contributed by atoms with Gasteiger partial charge in [-0.05, 0) is 25.2 Å². The summed E-state index contributed by atoms with van der Waals surface area (Å²) in [6, 6.07) is 3.53. The Balaban J connectivity index is 2.59. The highest BCUT2D eigenvalue weighted by Gasteiger charge is 2.10. The summed E-state index contributed by atoms with van der Waals surface area (Å²) < 4.78 is 0. The molecule has 18 heavy (non-hydrogen) atoms. The van der Waals surface area contributed by atoms with E-state index in [1.807, 2.05) is 0 Å². The van der Waals surface area contributed by atoms with Crippen LogP contribution in [0.3, 0.4) is 0 Å². The van der Waals surface area contributed by atoms with E-state index >= 15 is 0 Å². The number of hydrogen-bond donors (Lipinski definition) is 2.